The molecule has 0 aliphatic carbocycles. The van der Waals surface area contributed by atoms with Gasteiger partial charge in [-0.05, 0) is 50.1 Å². The van der Waals surface area contributed by atoms with Gasteiger partial charge in [0, 0.05) is 5.56 Å². The lowest BCUT2D eigenvalue weighted by Gasteiger charge is -2.19. The molecule has 1 aliphatic rings. The molecule has 0 amide bonds. The molecule has 1 N–H and O–H groups in total. The molecule has 1 aliphatic heterocycles. The maximum absolute atomic E-state index is 13.2. The Hall–Kier alpha value is -1.75. The summed E-state index contributed by atoms with van der Waals surface area (Å²) in [6, 6.07) is 4.99. The number of hydrogen-bond acceptors (Lipinski definition) is 4. The van der Waals surface area contributed by atoms with E-state index in [2.05, 4.69) is 15.5 Å². The van der Waals surface area contributed by atoms with E-state index in [1.807, 2.05) is 0 Å². The van der Waals surface area contributed by atoms with Crippen molar-refractivity contribution >= 4 is 0 Å². The van der Waals surface area contributed by atoms with Gasteiger partial charge in [0.25, 0.3) is 0 Å². The van der Waals surface area contributed by atoms with Crippen LogP contribution in [0.5, 0.6) is 0 Å². The number of aryl methyl sites for hydroxylation is 1. The minimum atomic E-state index is -0.221. The van der Waals surface area contributed by atoms with Gasteiger partial charge in [0.05, 0.1) is 6.04 Å². The largest absolute Gasteiger partial charge is 0.337 e. The predicted octanol–water partition coefficient (Wildman–Crippen LogP) is 3.00. The van der Waals surface area contributed by atoms with E-state index in [1.54, 1.807) is 19.1 Å². The van der Waals surface area contributed by atoms with Crippen LogP contribution in [0.3, 0.4) is 0 Å². The lowest BCUT2D eigenvalue weighted by Crippen LogP contribution is -2.26. The monoisotopic (exact) mass is 261 g/mol. The lowest BCUT2D eigenvalue weighted by atomic mass is 10.1. The molecule has 5 heteroatoms. The molecule has 0 saturated carbocycles. The van der Waals surface area contributed by atoms with E-state index in [-0.39, 0.29) is 11.9 Å². The van der Waals surface area contributed by atoms with Crippen LogP contribution in [0.1, 0.15) is 36.8 Å². The van der Waals surface area contributed by atoms with Crippen LogP contribution in [0.15, 0.2) is 22.7 Å². The summed E-state index contributed by atoms with van der Waals surface area (Å²) in [5.41, 5.74) is 1.37. The second-order valence-electron chi connectivity index (χ2n) is 4.92. The number of aromatic nitrogens is 2. The molecule has 1 saturated heterocycles. The summed E-state index contributed by atoms with van der Waals surface area (Å²) in [5.74, 6) is 0.920. The number of rotatable bonds is 2. The SMILES string of the molecule is Cc1cc(-c2noc([C@@H]3CCCCN3)n2)ccc1F. The van der Waals surface area contributed by atoms with Crippen molar-refractivity contribution in [3.8, 4) is 11.4 Å². The minimum absolute atomic E-state index is 0.150. The molecule has 1 aromatic carbocycles. The van der Waals surface area contributed by atoms with Crippen LogP contribution in [0, 0.1) is 12.7 Å². The molecule has 0 bridgehead atoms. The van der Waals surface area contributed by atoms with Crippen LogP contribution in [-0.2, 0) is 0 Å². The Labute approximate surface area is 111 Å². The van der Waals surface area contributed by atoms with Gasteiger partial charge in [0.2, 0.25) is 11.7 Å². The van der Waals surface area contributed by atoms with E-state index < -0.39 is 0 Å². The number of benzene rings is 1. The van der Waals surface area contributed by atoms with Crippen molar-refractivity contribution in [2.75, 3.05) is 6.54 Å². The first kappa shape index (κ1) is 12.3. The minimum Gasteiger partial charge on any atom is -0.337 e. The maximum Gasteiger partial charge on any atom is 0.244 e. The zero-order valence-electron chi connectivity index (χ0n) is 10.8. The normalized spacial score (nSPS) is 19.6. The number of piperidine rings is 1. The third-order valence-corrected chi connectivity index (χ3v) is 3.47. The highest BCUT2D eigenvalue weighted by molar-refractivity contribution is 5.55. The van der Waals surface area contributed by atoms with Crippen molar-refractivity contribution in [3.05, 3.63) is 35.5 Å². The zero-order valence-corrected chi connectivity index (χ0v) is 10.8. The van der Waals surface area contributed by atoms with Gasteiger partial charge in [-0.2, -0.15) is 4.98 Å². The van der Waals surface area contributed by atoms with Crippen LogP contribution >= 0.6 is 0 Å². The molecule has 2 aromatic rings. The van der Waals surface area contributed by atoms with E-state index in [0.29, 0.717) is 17.3 Å². The molecule has 19 heavy (non-hydrogen) atoms. The molecule has 0 spiro atoms. The Morgan fingerprint density at radius 2 is 2.26 bits per heavy atom. The third-order valence-electron chi connectivity index (χ3n) is 3.47. The Kier molecular flexibility index (Phi) is 3.29. The summed E-state index contributed by atoms with van der Waals surface area (Å²) in [4.78, 5) is 4.41. The fourth-order valence-corrected chi connectivity index (χ4v) is 2.34. The molecular weight excluding hydrogens is 245 g/mol. The smallest absolute Gasteiger partial charge is 0.244 e. The molecule has 1 aromatic heterocycles. The van der Waals surface area contributed by atoms with Gasteiger partial charge in [-0.1, -0.05) is 11.6 Å². The average molecular weight is 261 g/mol. The molecule has 2 heterocycles. The molecule has 4 nitrogen and oxygen atoms in total. The van der Waals surface area contributed by atoms with Crippen LogP contribution in [0.25, 0.3) is 11.4 Å². The summed E-state index contributed by atoms with van der Waals surface area (Å²) in [6.45, 7) is 2.71. The van der Waals surface area contributed by atoms with E-state index in [4.69, 9.17) is 4.52 Å². The van der Waals surface area contributed by atoms with Crippen molar-refractivity contribution in [1.82, 2.24) is 15.5 Å². The molecular formula is C14H16FN3O. The summed E-state index contributed by atoms with van der Waals surface area (Å²) < 4.78 is 18.5. The summed E-state index contributed by atoms with van der Waals surface area (Å²) >= 11 is 0. The van der Waals surface area contributed by atoms with E-state index >= 15 is 0 Å². The summed E-state index contributed by atoms with van der Waals surface area (Å²) in [6.07, 6.45) is 3.38. The van der Waals surface area contributed by atoms with Gasteiger partial charge in [-0.15, -0.1) is 0 Å². The Morgan fingerprint density at radius 1 is 1.37 bits per heavy atom. The first-order valence-corrected chi connectivity index (χ1v) is 6.57. The van der Waals surface area contributed by atoms with Crippen molar-refractivity contribution in [2.24, 2.45) is 0 Å². The van der Waals surface area contributed by atoms with Crippen LogP contribution in [0.4, 0.5) is 4.39 Å². The highest BCUT2D eigenvalue weighted by Gasteiger charge is 2.21. The second-order valence-corrected chi connectivity index (χ2v) is 4.92. The quantitative estimate of drug-likeness (QED) is 0.902. The van der Waals surface area contributed by atoms with E-state index in [9.17, 15) is 4.39 Å². The number of nitrogens with zero attached hydrogens (tertiary/aromatic N) is 2. The van der Waals surface area contributed by atoms with Gasteiger partial charge in [0.15, 0.2) is 0 Å². The van der Waals surface area contributed by atoms with Gasteiger partial charge < -0.3 is 9.84 Å². The molecule has 3 rings (SSSR count). The van der Waals surface area contributed by atoms with Crippen molar-refractivity contribution in [2.45, 2.75) is 32.2 Å². The highest BCUT2D eigenvalue weighted by atomic mass is 19.1. The maximum atomic E-state index is 13.2. The molecule has 100 valence electrons. The number of halogens is 1. The first-order chi connectivity index (χ1) is 9.24. The standard InChI is InChI=1S/C14H16FN3O/c1-9-8-10(5-6-11(9)15)13-17-14(19-18-13)12-4-2-3-7-16-12/h5-6,8,12,16H,2-4,7H2,1H3/t12-/m0/s1. The summed E-state index contributed by atoms with van der Waals surface area (Å²) in [5, 5.41) is 7.35. The third kappa shape index (κ3) is 2.51. The number of hydrogen-bond donors (Lipinski definition) is 1. The second kappa shape index (κ2) is 5.09. The molecule has 0 radical (unpaired) electrons. The zero-order chi connectivity index (χ0) is 13.2. The first-order valence-electron chi connectivity index (χ1n) is 6.57. The fraction of sp³-hybridized carbons (Fsp3) is 0.429. The highest BCUT2D eigenvalue weighted by Crippen LogP contribution is 2.25. The fourth-order valence-electron chi connectivity index (χ4n) is 2.34. The summed E-state index contributed by atoms with van der Waals surface area (Å²) in [7, 11) is 0. The van der Waals surface area contributed by atoms with Crippen LogP contribution in [-0.4, -0.2) is 16.7 Å². The van der Waals surface area contributed by atoms with Gasteiger partial charge >= 0.3 is 0 Å². The van der Waals surface area contributed by atoms with Gasteiger partial charge in [0.1, 0.15) is 5.82 Å². The van der Waals surface area contributed by atoms with Crippen molar-refractivity contribution in [3.63, 3.8) is 0 Å². The Balaban J connectivity index is 1.85. The molecule has 1 atom stereocenters. The average Bonchev–Trinajstić information content (AvgIpc) is 2.93. The molecule has 1 fully saturated rings. The van der Waals surface area contributed by atoms with E-state index in [0.717, 1.165) is 18.5 Å². The Morgan fingerprint density at radius 3 is 3.00 bits per heavy atom. The van der Waals surface area contributed by atoms with Gasteiger partial charge in [-0.3, -0.25) is 0 Å². The van der Waals surface area contributed by atoms with Crippen LogP contribution < -0.4 is 5.32 Å². The van der Waals surface area contributed by atoms with Crippen molar-refractivity contribution in [1.29, 1.82) is 0 Å². The predicted molar refractivity (Wildman–Crippen MR) is 69.0 cm³/mol. The van der Waals surface area contributed by atoms with Gasteiger partial charge in [-0.25, -0.2) is 4.39 Å². The topological polar surface area (TPSA) is 51.0 Å². The van der Waals surface area contributed by atoms with E-state index in [1.165, 1.54) is 18.9 Å². The lowest BCUT2D eigenvalue weighted by molar-refractivity contribution is 0.297. The molecule has 0 unspecified atom stereocenters. The Bertz CT molecular complexity index is 576. The number of nitrogens with one attached hydrogen (secondary N) is 1. The van der Waals surface area contributed by atoms with Crippen molar-refractivity contribution < 1.29 is 8.91 Å². The van der Waals surface area contributed by atoms with Crippen LogP contribution in [0.2, 0.25) is 0 Å².